The van der Waals surface area contributed by atoms with E-state index in [1.54, 1.807) is 36.4 Å². The first-order valence-electron chi connectivity index (χ1n) is 23.9. The monoisotopic (exact) mass is 1040 g/mol. The maximum Gasteiger partial charge on any atom is 0.320 e. The van der Waals surface area contributed by atoms with Gasteiger partial charge in [0.1, 0.15) is 35.8 Å². The highest BCUT2D eigenvalue weighted by Crippen LogP contribution is 2.29. The van der Waals surface area contributed by atoms with Crippen molar-refractivity contribution in [2.24, 2.45) is 10.2 Å². The van der Waals surface area contributed by atoms with Gasteiger partial charge in [-0.05, 0) is 106 Å². The molecule has 26 heteroatoms. The Hall–Kier alpha value is -7.87. The number of carboxylic acid groups (broad SMARTS) is 6. The van der Waals surface area contributed by atoms with Crippen LogP contribution in [0.2, 0.25) is 0 Å². The van der Waals surface area contributed by atoms with E-state index in [0.717, 1.165) is 15.4 Å². The van der Waals surface area contributed by atoms with Gasteiger partial charge in [-0.3, -0.25) is 62.5 Å². The average Bonchev–Trinajstić information content (AvgIpc) is 3.32. The summed E-state index contributed by atoms with van der Waals surface area (Å²) in [5.74, 6) is -10.4. The lowest BCUT2D eigenvalue weighted by Gasteiger charge is -2.25. The Morgan fingerprint density at radius 1 is 0.527 bits per heavy atom. The number of rotatable bonds is 40. The summed E-state index contributed by atoms with van der Waals surface area (Å²) in [5, 5.41) is 84.9. The minimum atomic E-state index is -1.44. The maximum atomic E-state index is 13.3. The van der Waals surface area contributed by atoms with Crippen molar-refractivity contribution in [1.82, 2.24) is 31.1 Å². The Morgan fingerprint density at radius 3 is 1.51 bits per heavy atom. The zero-order valence-corrected chi connectivity index (χ0v) is 40.8. The molecule has 0 aliphatic heterocycles. The number of aliphatic carboxylic acids is 6. The minimum Gasteiger partial charge on any atom is -0.506 e. The number of hydrogen-bond acceptors (Lipinski definition) is 16. The SMILES string of the molecule is O=Cc1ccc(N=Nc2cc(CCC(=O)NCCCCCCC(=O)NC(CCC(=O)NCCCCC(C(=O)O)N(CC(=O)O)CC(=O)O)C(=O)NCCCCC(C(=O)O)N(CC(=O)O)CC(=O)O)ccc2O)cc1. The van der Waals surface area contributed by atoms with Crippen LogP contribution in [0.4, 0.5) is 11.4 Å². The molecule has 0 aromatic heterocycles. The molecule has 11 N–H and O–H groups in total. The number of benzene rings is 2. The van der Waals surface area contributed by atoms with Crippen molar-refractivity contribution in [1.29, 1.82) is 0 Å². The maximum absolute atomic E-state index is 13.3. The van der Waals surface area contributed by atoms with Gasteiger partial charge < -0.3 is 57.0 Å². The van der Waals surface area contributed by atoms with Gasteiger partial charge in [0.05, 0.1) is 31.9 Å². The molecule has 0 heterocycles. The fraction of sp³-hybridized carbons (Fsp3) is 0.521. The van der Waals surface area contributed by atoms with Crippen molar-refractivity contribution in [3.05, 3.63) is 53.6 Å². The van der Waals surface area contributed by atoms with Crippen LogP contribution in [-0.2, 0) is 54.4 Å². The molecule has 26 nitrogen and oxygen atoms in total. The fourth-order valence-corrected chi connectivity index (χ4v) is 7.43. The normalized spacial score (nSPS) is 12.4. The van der Waals surface area contributed by atoms with Gasteiger partial charge in [0, 0.05) is 44.5 Å². The third-order valence-corrected chi connectivity index (χ3v) is 11.2. The van der Waals surface area contributed by atoms with Crippen LogP contribution in [0, 0.1) is 0 Å². The van der Waals surface area contributed by atoms with Crippen molar-refractivity contribution in [3.63, 3.8) is 0 Å². The molecule has 0 aliphatic rings. The molecule has 406 valence electrons. The van der Waals surface area contributed by atoms with Crippen LogP contribution < -0.4 is 21.3 Å². The number of nitrogens with zero attached hydrogens (tertiary/aromatic N) is 4. The van der Waals surface area contributed by atoms with Crippen molar-refractivity contribution >= 4 is 77.1 Å². The van der Waals surface area contributed by atoms with Crippen LogP contribution in [0.15, 0.2) is 52.7 Å². The molecule has 3 atom stereocenters. The predicted octanol–water partition coefficient (Wildman–Crippen LogP) is 2.31. The third-order valence-electron chi connectivity index (χ3n) is 11.2. The Bertz CT molecular complexity index is 2230. The van der Waals surface area contributed by atoms with Crippen molar-refractivity contribution in [2.75, 3.05) is 45.8 Å². The summed E-state index contributed by atoms with van der Waals surface area (Å²) >= 11 is 0. The number of unbranched alkanes of at least 4 members (excludes halogenated alkanes) is 5. The zero-order chi connectivity index (χ0) is 55.0. The standard InChI is InChI=1S/C48H66N8O18/c57-30-32-12-16-33(17-13-32)53-54-35-25-31(14-19-38(35)58)15-20-39(59)49-22-6-2-1-3-11-41(61)52-34(46(70)51-24-8-5-10-37(48(73)74)56(28-44(66)67)29-45(68)69)18-21-40(60)50-23-7-4-9-36(47(71)72)55(26-42(62)63)27-43(64)65/h12-14,16-17,19,25,30,34,36-37,58H,1-11,15,18,20-24,26-29H2,(H,49,59)(H,50,60)(H,51,70)(H,52,61)(H,62,63)(H,64,65)(H,66,67)(H,68,69)(H,71,72)(H,73,74). The van der Waals surface area contributed by atoms with Gasteiger partial charge in [-0.1, -0.05) is 18.9 Å². The molecule has 2 aromatic rings. The highest BCUT2D eigenvalue weighted by atomic mass is 16.4. The van der Waals surface area contributed by atoms with Crippen LogP contribution in [0.3, 0.4) is 0 Å². The Balaban J connectivity index is 1.89. The summed E-state index contributed by atoms with van der Waals surface area (Å²) in [6, 6.07) is 7.11. The smallest absolute Gasteiger partial charge is 0.320 e. The molecule has 0 aliphatic carbocycles. The van der Waals surface area contributed by atoms with Crippen molar-refractivity contribution < 1.29 is 88.5 Å². The second kappa shape index (κ2) is 34.5. The first kappa shape index (κ1) is 62.2. The van der Waals surface area contributed by atoms with E-state index >= 15 is 0 Å². The number of aryl methyl sites for hydroxylation is 1. The first-order valence-corrected chi connectivity index (χ1v) is 23.9. The molecule has 2 aromatic carbocycles. The molecular formula is C48H66N8O18. The fourth-order valence-electron chi connectivity index (χ4n) is 7.43. The zero-order valence-electron chi connectivity index (χ0n) is 40.8. The van der Waals surface area contributed by atoms with Gasteiger partial charge >= 0.3 is 35.8 Å². The van der Waals surface area contributed by atoms with Crippen LogP contribution in [-0.4, -0.2) is 175 Å². The summed E-state index contributed by atoms with van der Waals surface area (Å²) in [6.45, 7) is -2.85. The van der Waals surface area contributed by atoms with E-state index in [-0.39, 0.29) is 94.6 Å². The van der Waals surface area contributed by atoms with E-state index in [1.807, 2.05) is 0 Å². The van der Waals surface area contributed by atoms with Gasteiger partial charge in [-0.2, -0.15) is 5.11 Å². The molecule has 0 bridgehead atoms. The second-order valence-corrected chi connectivity index (χ2v) is 17.1. The topological polar surface area (TPSA) is 409 Å². The summed E-state index contributed by atoms with van der Waals surface area (Å²) in [4.78, 5) is 133. The van der Waals surface area contributed by atoms with Crippen LogP contribution in [0.25, 0.3) is 0 Å². The molecule has 74 heavy (non-hydrogen) atoms. The molecule has 0 fully saturated rings. The van der Waals surface area contributed by atoms with E-state index in [9.17, 15) is 68.1 Å². The number of carbonyl (C=O) groups excluding carboxylic acids is 5. The molecule has 4 amide bonds. The van der Waals surface area contributed by atoms with Gasteiger partial charge in [0.25, 0.3) is 0 Å². The summed E-state index contributed by atoms with van der Waals surface area (Å²) < 4.78 is 0. The number of carboxylic acids is 6. The molecular weight excluding hydrogens is 977 g/mol. The minimum absolute atomic E-state index is 0.0161. The van der Waals surface area contributed by atoms with E-state index in [2.05, 4.69) is 31.5 Å². The number of azo groups is 1. The Kier molecular flexibility index (Phi) is 29.0. The van der Waals surface area contributed by atoms with E-state index in [0.29, 0.717) is 56.2 Å². The summed E-state index contributed by atoms with van der Waals surface area (Å²) in [7, 11) is 0. The van der Waals surface area contributed by atoms with Crippen molar-refractivity contribution in [3.8, 4) is 5.75 Å². The predicted molar refractivity (Wildman–Crippen MR) is 260 cm³/mol. The van der Waals surface area contributed by atoms with Gasteiger partial charge in [0.2, 0.25) is 23.6 Å². The first-order chi connectivity index (χ1) is 35.2. The van der Waals surface area contributed by atoms with Crippen LogP contribution in [0.5, 0.6) is 5.75 Å². The number of aromatic hydroxyl groups is 1. The van der Waals surface area contributed by atoms with E-state index in [1.165, 1.54) is 6.07 Å². The van der Waals surface area contributed by atoms with Gasteiger partial charge in [-0.25, -0.2) is 0 Å². The summed E-state index contributed by atoms with van der Waals surface area (Å²) in [6.07, 6.45) is 3.67. The second-order valence-electron chi connectivity index (χ2n) is 17.1. The van der Waals surface area contributed by atoms with Crippen LogP contribution in [0.1, 0.15) is 106 Å². The molecule has 0 saturated heterocycles. The third kappa shape index (κ3) is 26.5. The Morgan fingerprint density at radius 2 is 1.01 bits per heavy atom. The number of carbonyl (C=O) groups is 11. The number of phenols is 1. The molecule has 3 unspecified atom stereocenters. The quantitative estimate of drug-likeness (QED) is 0.0259. The van der Waals surface area contributed by atoms with Crippen molar-refractivity contribution in [2.45, 2.75) is 114 Å². The lowest BCUT2D eigenvalue weighted by Crippen LogP contribution is -2.47. The number of hydrogen-bond donors (Lipinski definition) is 11. The number of amides is 4. The molecule has 0 saturated carbocycles. The highest BCUT2D eigenvalue weighted by Gasteiger charge is 2.30. The molecule has 2 rings (SSSR count). The number of phenolic OH excluding ortho intramolecular Hbond substituents is 1. The number of nitrogens with one attached hydrogen (secondary N) is 4. The largest absolute Gasteiger partial charge is 0.506 e. The highest BCUT2D eigenvalue weighted by molar-refractivity contribution is 5.88. The van der Waals surface area contributed by atoms with Crippen LogP contribution >= 0.6 is 0 Å². The van der Waals surface area contributed by atoms with E-state index in [4.69, 9.17) is 20.4 Å². The Labute approximate surface area is 425 Å². The summed E-state index contributed by atoms with van der Waals surface area (Å²) in [5.41, 5.74) is 1.92. The van der Waals surface area contributed by atoms with E-state index < -0.39 is 97.8 Å². The lowest BCUT2D eigenvalue weighted by molar-refractivity contribution is -0.152. The van der Waals surface area contributed by atoms with Gasteiger partial charge in [0.15, 0.2) is 0 Å². The average molecular weight is 1040 g/mol. The molecule has 0 radical (unpaired) electrons. The molecule has 0 spiro atoms. The van der Waals surface area contributed by atoms with Gasteiger partial charge in [-0.15, -0.1) is 5.11 Å². The number of aldehydes is 1. The lowest BCUT2D eigenvalue weighted by atomic mass is 10.1.